The maximum Gasteiger partial charge on any atom is 0.0843 e. The van der Waals surface area contributed by atoms with Crippen LogP contribution in [0.5, 0.6) is 0 Å². The zero-order chi connectivity index (χ0) is 17.1. The molecule has 1 aromatic carbocycles. The lowest BCUT2D eigenvalue weighted by Gasteiger charge is -2.21. The molecule has 0 amide bonds. The summed E-state index contributed by atoms with van der Waals surface area (Å²) in [6.07, 6.45) is 5.17. The van der Waals surface area contributed by atoms with Crippen LogP contribution in [0.1, 0.15) is 43.0 Å². The first-order valence-electron chi connectivity index (χ1n) is 9.27. The van der Waals surface area contributed by atoms with E-state index < -0.39 is 6.10 Å². The highest BCUT2D eigenvalue weighted by Crippen LogP contribution is 2.33. The highest BCUT2D eigenvalue weighted by atomic mass is 16.3. The first kappa shape index (κ1) is 17.5. The zero-order valence-corrected chi connectivity index (χ0v) is 14.9. The predicted octanol–water partition coefficient (Wildman–Crippen LogP) is 2.55. The highest BCUT2D eigenvalue weighted by molar-refractivity contribution is 5.86. The van der Waals surface area contributed by atoms with Gasteiger partial charge in [-0.05, 0) is 56.7 Å². The van der Waals surface area contributed by atoms with Crippen molar-refractivity contribution in [3.05, 3.63) is 35.0 Å². The molecule has 1 aliphatic rings. The Morgan fingerprint density at radius 1 is 1.25 bits per heavy atom. The van der Waals surface area contributed by atoms with Gasteiger partial charge < -0.3 is 20.1 Å². The molecular formula is C20H30N2O2. The maximum atomic E-state index is 10.5. The summed E-state index contributed by atoms with van der Waals surface area (Å²) in [5, 5.41) is 24.4. The molecule has 24 heavy (non-hydrogen) atoms. The highest BCUT2D eigenvalue weighted by Gasteiger charge is 2.21. The number of fused-ring (bicyclic) bond motifs is 3. The Morgan fingerprint density at radius 3 is 2.79 bits per heavy atom. The van der Waals surface area contributed by atoms with Crippen LogP contribution in [0.4, 0.5) is 0 Å². The van der Waals surface area contributed by atoms with Crippen molar-refractivity contribution in [1.82, 2.24) is 9.88 Å². The fraction of sp³-hybridized carbons (Fsp3) is 0.600. The van der Waals surface area contributed by atoms with E-state index in [4.69, 9.17) is 0 Å². The monoisotopic (exact) mass is 330 g/mol. The van der Waals surface area contributed by atoms with Crippen molar-refractivity contribution < 1.29 is 10.2 Å². The van der Waals surface area contributed by atoms with Crippen molar-refractivity contribution in [2.75, 3.05) is 13.2 Å². The van der Waals surface area contributed by atoms with Gasteiger partial charge in [0.15, 0.2) is 0 Å². The molecule has 0 aliphatic heterocycles. The molecule has 2 atom stereocenters. The van der Waals surface area contributed by atoms with E-state index in [1.54, 1.807) is 0 Å². The Kier molecular flexibility index (Phi) is 5.59. The third-order valence-electron chi connectivity index (χ3n) is 5.28. The molecule has 0 saturated carbocycles. The van der Waals surface area contributed by atoms with E-state index in [1.807, 2.05) is 6.92 Å². The van der Waals surface area contributed by atoms with Gasteiger partial charge in [0.05, 0.1) is 19.3 Å². The predicted molar refractivity (Wildman–Crippen MR) is 98.5 cm³/mol. The van der Waals surface area contributed by atoms with Gasteiger partial charge in [0, 0.05) is 29.2 Å². The SMILES string of the molecule is CC[C@H](CO)NC[C@H](O)Cn1c2c(c3cc(C)ccc31)CCCC2. The summed E-state index contributed by atoms with van der Waals surface area (Å²) in [4.78, 5) is 0. The largest absolute Gasteiger partial charge is 0.395 e. The number of hydrogen-bond donors (Lipinski definition) is 3. The number of nitrogens with zero attached hydrogens (tertiary/aromatic N) is 1. The minimum atomic E-state index is -0.450. The van der Waals surface area contributed by atoms with Crippen LogP contribution < -0.4 is 5.32 Å². The van der Waals surface area contributed by atoms with E-state index in [0.717, 1.165) is 19.3 Å². The van der Waals surface area contributed by atoms with Crippen molar-refractivity contribution in [2.24, 2.45) is 0 Å². The number of rotatable bonds is 7. The normalized spacial score (nSPS) is 17.0. The van der Waals surface area contributed by atoms with Gasteiger partial charge in [0.1, 0.15) is 0 Å². The van der Waals surface area contributed by atoms with Crippen LogP contribution in [0.15, 0.2) is 18.2 Å². The summed E-state index contributed by atoms with van der Waals surface area (Å²) in [5.41, 5.74) is 5.45. The molecule has 4 heteroatoms. The van der Waals surface area contributed by atoms with Crippen LogP contribution in [-0.4, -0.2) is 40.1 Å². The van der Waals surface area contributed by atoms with Crippen LogP contribution in [0.2, 0.25) is 0 Å². The second-order valence-electron chi connectivity index (χ2n) is 7.11. The molecule has 0 fully saturated rings. The fourth-order valence-electron chi connectivity index (χ4n) is 3.87. The summed E-state index contributed by atoms with van der Waals surface area (Å²) in [7, 11) is 0. The number of aliphatic hydroxyl groups is 2. The first-order valence-corrected chi connectivity index (χ1v) is 9.27. The van der Waals surface area contributed by atoms with Gasteiger partial charge in [-0.3, -0.25) is 0 Å². The average Bonchev–Trinajstić information content (AvgIpc) is 2.89. The molecule has 0 radical (unpaired) electrons. The van der Waals surface area contributed by atoms with Crippen molar-refractivity contribution in [1.29, 1.82) is 0 Å². The summed E-state index contributed by atoms with van der Waals surface area (Å²) >= 11 is 0. The molecule has 0 unspecified atom stereocenters. The van der Waals surface area contributed by atoms with Gasteiger partial charge in [-0.15, -0.1) is 0 Å². The van der Waals surface area contributed by atoms with Crippen molar-refractivity contribution >= 4 is 10.9 Å². The molecule has 3 rings (SSSR count). The molecule has 0 spiro atoms. The minimum Gasteiger partial charge on any atom is -0.395 e. The first-order chi connectivity index (χ1) is 11.6. The molecule has 4 nitrogen and oxygen atoms in total. The van der Waals surface area contributed by atoms with Gasteiger partial charge in [-0.1, -0.05) is 18.6 Å². The Bertz CT molecular complexity index is 688. The third-order valence-corrected chi connectivity index (χ3v) is 5.28. The van der Waals surface area contributed by atoms with Crippen molar-refractivity contribution in [2.45, 2.75) is 64.6 Å². The Balaban J connectivity index is 1.83. The Labute approximate surface area is 144 Å². The Hall–Kier alpha value is -1.36. The topological polar surface area (TPSA) is 57.4 Å². The molecule has 1 heterocycles. The lowest BCUT2D eigenvalue weighted by atomic mass is 9.95. The number of aliphatic hydroxyl groups excluding tert-OH is 2. The number of benzene rings is 1. The van der Waals surface area contributed by atoms with Crippen LogP contribution in [0.3, 0.4) is 0 Å². The molecular weight excluding hydrogens is 300 g/mol. The fourth-order valence-corrected chi connectivity index (χ4v) is 3.87. The summed E-state index contributed by atoms with van der Waals surface area (Å²) < 4.78 is 2.33. The number of nitrogens with one attached hydrogen (secondary N) is 1. The van der Waals surface area contributed by atoms with E-state index in [9.17, 15) is 10.2 Å². The van der Waals surface area contributed by atoms with Crippen molar-refractivity contribution in [3.8, 4) is 0 Å². The van der Waals surface area contributed by atoms with Gasteiger partial charge in [0.2, 0.25) is 0 Å². The average molecular weight is 330 g/mol. The quantitative estimate of drug-likeness (QED) is 0.731. The number of hydrogen-bond acceptors (Lipinski definition) is 3. The standard InChI is InChI=1S/C20H30N2O2/c1-3-15(13-23)21-11-16(24)12-22-19-7-5-4-6-17(19)18-10-14(2)8-9-20(18)22/h8-10,15-16,21,23-24H,3-7,11-13H2,1-2H3/t15-,16+/m1/s1. The smallest absolute Gasteiger partial charge is 0.0843 e. The maximum absolute atomic E-state index is 10.5. The lowest BCUT2D eigenvalue weighted by Crippen LogP contribution is -2.39. The Morgan fingerprint density at radius 2 is 2.04 bits per heavy atom. The van der Waals surface area contributed by atoms with Crippen LogP contribution in [0.25, 0.3) is 10.9 Å². The zero-order valence-electron chi connectivity index (χ0n) is 14.9. The van der Waals surface area contributed by atoms with Gasteiger partial charge in [0.25, 0.3) is 0 Å². The molecule has 132 valence electrons. The van der Waals surface area contributed by atoms with Crippen molar-refractivity contribution in [3.63, 3.8) is 0 Å². The van der Waals surface area contributed by atoms with Crippen LogP contribution in [-0.2, 0) is 19.4 Å². The summed E-state index contributed by atoms with van der Waals surface area (Å²) in [5.74, 6) is 0. The molecule has 1 aromatic heterocycles. The second kappa shape index (κ2) is 7.68. The molecule has 0 saturated heterocycles. The molecule has 3 N–H and O–H groups in total. The molecule has 2 aromatic rings. The van der Waals surface area contributed by atoms with Gasteiger partial charge in [-0.25, -0.2) is 0 Å². The number of aryl methyl sites for hydroxylation is 2. The van der Waals surface area contributed by atoms with E-state index in [-0.39, 0.29) is 12.6 Å². The van der Waals surface area contributed by atoms with Crippen LogP contribution in [0, 0.1) is 6.92 Å². The molecule has 0 bridgehead atoms. The van der Waals surface area contributed by atoms with E-state index in [2.05, 4.69) is 35.0 Å². The van der Waals surface area contributed by atoms with E-state index >= 15 is 0 Å². The number of aromatic nitrogens is 1. The van der Waals surface area contributed by atoms with Gasteiger partial charge in [-0.2, -0.15) is 0 Å². The summed E-state index contributed by atoms with van der Waals surface area (Å²) in [6, 6.07) is 6.72. The van der Waals surface area contributed by atoms with E-state index in [1.165, 1.54) is 40.6 Å². The lowest BCUT2D eigenvalue weighted by molar-refractivity contribution is 0.139. The molecule has 1 aliphatic carbocycles. The van der Waals surface area contributed by atoms with Gasteiger partial charge >= 0.3 is 0 Å². The third kappa shape index (κ3) is 3.51. The minimum absolute atomic E-state index is 0.0672. The summed E-state index contributed by atoms with van der Waals surface area (Å²) in [6.45, 7) is 5.43. The van der Waals surface area contributed by atoms with E-state index in [0.29, 0.717) is 13.1 Å². The van der Waals surface area contributed by atoms with Crippen LogP contribution >= 0.6 is 0 Å². The second-order valence-corrected chi connectivity index (χ2v) is 7.11.